The van der Waals surface area contributed by atoms with Crippen molar-refractivity contribution in [3.05, 3.63) is 42.2 Å². The third kappa shape index (κ3) is 3.99. The van der Waals surface area contributed by atoms with Crippen molar-refractivity contribution < 1.29 is 4.42 Å². The minimum atomic E-state index is 0. The quantitative estimate of drug-likeness (QED) is 0.623. The van der Waals surface area contributed by atoms with Gasteiger partial charge in [0.2, 0.25) is 0 Å². The molecule has 0 saturated carbocycles. The summed E-state index contributed by atoms with van der Waals surface area (Å²) in [6.07, 6.45) is 1.67. The molecule has 2 N–H and O–H groups in total. The Labute approximate surface area is 128 Å². The molecule has 0 saturated heterocycles. The van der Waals surface area contributed by atoms with Gasteiger partial charge in [-0.25, -0.2) is 4.99 Å². The van der Waals surface area contributed by atoms with Gasteiger partial charge in [-0.05, 0) is 49.7 Å². The molecule has 5 heteroatoms. The van der Waals surface area contributed by atoms with Gasteiger partial charge in [0.15, 0.2) is 0 Å². The van der Waals surface area contributed by atoms with Crippen molar-refractivity contribution in [3.63, 3.8) is 0 Å². The van der Waals surface area contributed by atoms with Crippen molar-refractivity contribution in [2.75, 3.05) is 0 Å². The SMILES string of the molecule is Br.Br.CC(N)=Nc1ccc(-c2ccco2)c(C)c1. The monoisotopic (exact) mass is 374 g/mol. The number of aliphatic imine (C=N–C) groups is 1. The Morgan fingerprint density at radius 2 is 1.94 bits per heavy atom. The van der Waals surface area contributed by atoms with Crippen LogP contribution in [0.2, 0.25) is 0 Å². The summed E-state index contributed by atoms with van der Waals surface area (Å²) in [5, 5.41) is 0. The summed E-state index contributed by atoms with van der Waals surface area (Å²) in [7, 11) is 0. The highest BCUT2D eigenvalue weighted by molar-refractivity contribution is 8.93. The first-order valence-electron chi connectivity index (χ1n) is 5.12. The Morgan fingerprint density at radius 1 is 1.22 bits per heavy atom. The van der Waals surface area contributed by atoms with E-state index in [0.29, 0.717) is 5.84 Å². The lowest BCUT2D eigenvalue weighted by Crippen LogP contribution is -2.03. The van der Waals surface area contributed by atoms with Gasteiger partial charge in [-0.15, -0.1) is 34.0 Å². The van der Waals surface area contributed by atoms with Gasteiger partial charge in [0, 0.05) is 5.56 Å². The van der Waals surface area contributed by atoms with Crippen LogP contribution in [-0.4, -0.2) is 5.84 Å². The van der Waals surface area contributed by atoms with Crippen molar-refractivity contribution in [2.24, 2.45) is 10.7 Å². The number of nitrogens with zero attached hydrogens (tertiary/aromatic N) is 1. The summed E-state index contributed by atoms with van der Waals surface area (Å²) in [5.41, 5.74) is 8.61. The van der Waals surface area contributed by atoms with Crippen molar-refractivity contribution in [1.82, 2.24) is 0 Å². The molecule has 3 nitrogen and oxygen atoms in total. The van der Waals surface area contributed by atoms with Crippen LogP contribution in [0, 0.1) is 6.92 Å². The minimum absolute atomic E-state index is 0. The van der Waals surface area contributed by atoms with E-state index >= 15 is 0 Å². The van der Waals surface area contributed by atoms with Crippen LogP contribution in [0.1, 0.15) is 12.5 Å². The number of furan rings is 1. The maximum Gasteiger partial charge on any atom is 0.134 e. The van der Waals surface area contributed by atoms with E-state index in [4.69, 9.17) is 10.2 Å². The average molecular weight is 376 g/mol. The van der Waals surface area contributed by atoms with E-state index in [-0.39, 0.29) is 34.0 Å². The van der Waals surface area contributed by atoms with Crippen LogP contribution >= 0.6 is 34.0 Å². The van der Waals surface area contributed by atoms with Crippen LogP contribution in [0.15, 0.2) is 46.0 Å². The van der Waals surface area contributed by atoms with Gasteiger partial charge in [0.1, 0.15) is 5.76 Å². The Hall–Kier alpha value is -1.07. The number of nitrogens with two attached hydrogens (primary N) is 1. The molecule has 0 aliphatic heterocycles. The molecule has 0 radical (unpaired) electrons. The summed E-state index contributed by atoms with van der Waals surface area (Å²) >= 11 is 0. The number of benzene rings is 1. The van der Waals surface area contributed by atoms with E-state index in [1.165, 1.54) is 0 Å². The number of rotatable bonds is 2. The number of amidine groups is 1. The van der Waals surface area contributed by atoms with Crippen molar-refractivity contribution >= 4 is 45.5 Å². The predicted molar refractivity (Wildman–Crippen MR) is 86.5 cm³/mol. The van der Waals surface area contributed by atoms with Gasteiger partial charge in [-0.2, -0.15) is 0 Å². The molecule has 0 spiro atoms. The Bertz CT molecular complexity index is 518. The van der Waals surface area contributed by atoms with Crippen LogP contribution in [0.25, 0.3) is 11.3 Å². The van der Waals surface area contributed by atoms with Gasteiger partial charge in [0.25, 0.3) is 0 Å². The van der Waals surface area contributed by atoms with Crippen LogP contribution in [0.3, 0.4) is 0 Å². The largest absolute Gasteiger partial charge is 0.464 e. The molecule has 18 heavy (non-hydrogen) atoms. The predicted octanol–water partition coefficient (Wildman–Crippen LogP) is 4.42. The van der Waals surface area contributed by atoms with Gasteiger partial charge < -0.3 is 10.2 Å². The van der Waals surface area contributed by atoms with E-state index < -0.39 is 0 Å². The number of hydrogen-bond donors (Lipinski definition) is 1. The van der Waals surface area contributed by atoms with Crippen molar-refractivity contribution in [2.45, 2.75) is 13.8 Å². The number of hydrogen-bond acceptors (Lipinski definition) is 2. The molecule has 2 aromatic rings. The molecule has 0 fully saturated rings. The molecule has 1 aromatic heterocycles. The summed E-state index contributed by atoms with van der Waals surface area (Å²) in [5.74, 6) is 1.43. The van der Waals surface area contributed by atoms with Gasteiger partial charge in [0.05, 0.1) is 17.8 Å². The first-order chi connectivity index (χ1) is 7.66. The van der Waals surface area contributed by atoms with Crippen molar-refractivity contribution in [1.29, 1.82) is 0 Å². The van der Waals surface area contributed by atoms with Gasteiger partial charge in [-0.3, -0.25) is 0 Å². The lowest BCUT2D eigenvalue weighted by Gasteiger charge is -2.03. The normalized spacial score (nSPS) is 10.4. The fourth-order valence-electron chi connectivity index (χ4n) is 1.63. The molecule has 0 aliphatic rings. The summed E-state index contributed by atoms with van der Waals surface area (Å²) in [6, 6.07) is 9.75. The lowest BCUT2D eigenvalue weighted by atomic mass is 10.1. The Kier molecular flexibility index (Phi) is 6.94. The van der Waals surface area contributed by atoms with Crippen LogP contribution in [0.4, 0.5) is 5.69 Å². The molecular formula is C13H16Br2N2O. The summed E-state index contributed by atoms with van der Waals surface area (Å²) in [4.78, 5) is 4.21. The molecule has 0 atom stereocenters. The maximum atomic E-state index is 5.54. The molecule has 0 amide bonds. The Balaban J connectivity index is 0.00000144. The summed E-state index contributed by atoms with van der Waals surface area (Å²) < 4.78 is 5.36. The maximum absolute atomic E-state index is 5.54. The third-order valence-electron chi connectivity index (χ3n) is 2.30. The topological polar surface area (TPSA) is 51.5 Å². The second kappa shape index (κ2) is 7.38. The van der Waals surface area contributed by atoms with E-state index in [1.54, 1.807) is 13.2 Å². The standard InChI is InChI=1S/C13H14N2O.2BrH/c1-9-8-11(15-10(2)14)5-6-12(9)13-4-3-7-16-13;;/h3-8H,1-2H3,(H2,14,15);2*1H. The molecule has 1 aromatic carbocycles. The summed E-state index contributed by atoms with van der Waals surface area (Å²) in [6.45, 7) is 3.80. The van der Waals surface area contributed by atoms with Crippen LogP contribution in [0.5, 0.6) is 0 Å². The molecular weight excluding hydrogens is 360 g/mol. The van der Waals surface area contributed by atoms with E-state index in [0.717, 1.165) is 22.6 Å². The van der Waals surface area contributed by atoms with Crippen LogP contribution in [-0.2, 0) is 0 Å². The highest BCUT2D eigenvalue weighted by Crippen LogP contribution is 2.27. The zero-order valence-electron chi connectivity index (χ0n) is 10.2. The van der Waals surface area contributed by atoms with E-state index in [2.05, 4.69) is 4.99 Å². The van der Waals surface area contributed by atoms with E-state index in [1.807, 2.05) is 37.3 Å². The molecule has 0 unspecified atom stereocenters. The Morgan fingerprint density at radius 3 is 2.44 bits per heavy atom. The van der Waals surface area contributed by atoms with Gasteiger partial charge >= 0.3 is 0 Å². The highest BCUT2D eigenvalue weighted by atomic mass is 79.9. The lowest BCUT2D eigenvalue weighted by molar-refractivity contribution is 0.582. The van der Waals surface area contributed by atoms with E-state index in [9.17, 15) is 0 Å². The third-order valence-corrected chi connectivity index (χ3v) is 2.30. The molecule has 0 bridgehead atoms. The smallest absolute Gasteiger partial charge is 0.134 e. The minimum Gasteiger partial charge on any atom is -0.464 e. The first kappa shape index (κ1) is 16.9. The highest BCUT2D eigenvalue weighted by Gasteiger charge is 2.04. The second-order valence-corrected chi connectivity index (χ2v) is 3.73. The first-order valence-corrected chi connectivity index (χ1v) is 5.12. The fourth-order valence-corrected chi connectivity index (χ4v) is 1.63. The zero-order valence-corrected chi connectivity index (χ0v) is 13.6. The fraction of sp³-hybridized carbons (Fsp3) is 0.154. The number of aryl methyl sites for hydroxylation is 1. The van der Waals surface area contributed by atoms with Crippen LogP contribution < -0.4 is 5.73 Å². The molecule has 98 valence electrons. The zero-order chi connectivity index (χ0) is 11.5. The molecule has 0 aliphatic carbocycles. The molecule has 1 heterocycles. The number of halogens is 2. The second-order valence-electron chi connectivity index (χ2n) is 3.73. The molecule has 2 rings (SSSR count). The van der Waals surface area contributed by atoms with Crippen molar-refractivity contribution in [3.8, 4) is 11.3 Å². The van der Waals surface area contributed by atoms with Gasteiger partial charge in [-0.1, -0.05) is 0 Å². The average Bonchev–Trinajstić information content (AvgIpc) is 2.69.